The Morgan fingerprint density at radius 1 is 1.09 bits per heavy atom. The van der Waals surface area contributed by atoms with Crippen molar-refractivity contribution in [1.82, 2.24) is 14.8 Å². The number of rotatable bonds is 7. The molecule has 2 heterocycles. The molecule has 9 heteroatoms. The molecule has 2 fully saturated rings. The highest BCUT2D eigenvalue weighted by Crippen LogP contribution is 2.31. The van der Waals surface area contributed by atoms with Crippen LogP contribution in [-0.4, -0.2) is 68.9 Å². The predicted octanol–water partition coefficient (Wildman–Crippen LogP) is 3.21. The first kappa shape index (κ1) is 22.6. The minimum Gasteiger partial charge on any atom is -0.496 e. The van der Waals surface area contributed by atoms with Gasteiger partial charge in [-0.3, -0.25) is 19.4 Å². The van der Waals surface area contributed by atoms with E-state index in [4.69, 9.17) is 4.74 Å². The van der Waals surface area contributed by atoms with Gasteiger partial charge in [0, 0.05) is 50.4 Å². The summed E-state index contributed by atoms with van der Waals surface area (Å²) in [7, 11) is -2.42. The third-order valence-corrected chi connectivity index (χ3v) is 7.86. The van der Waals surface area contributed by atoms with Crippen LogP contribution in [0.15, 0.2) is 59.6 Å². The first-order valence-electron chi connectivity index (χ1n) is 11.5. The number of hydrogen-bond acceptors (Lipinski definition) is 6. The number of amides is 1. The Labute approximate surface area is 199 Å². The number of hydrogen-bond donors (Lipinski definition) is 1. The highest BCUT2D eigenvalue weighted by Gasteiger charge is 2.29. The van der Waals surface area contributed by atoms with E-state index >= 15 is 0 Å². The van der Waals surface area contributed by atoms with Gasteiger partial charge in [-0.1, -0.05) is 18.2 Å². The van der Waals surface area contributed by atoms with Crippen LogP contribution in [-0.2, 0) is 10.0 Å². The van der Waals surface area contributed by atoms with Crippen molar-refractivity contribution in [2.45, 2.75) is 17.7 Å². The molecule has 0 radical (unpaired) electrons. The van der Waals surface area contributed by atoms with E-state index in [9.17, 15) is 13.2 Å². The van der Waals surface area contributed by atoms with E-state index in [-0.39, 0.29) is 10.8 Å². The second-order valence-corrected chi connectivity index (χ2v) is 10.5. The Hall–Kier alpha value is -3.17. The second kappa shape index (κ2) is 9.23. The van der Waals surface area contributed by atoms with Crippen molar-refractivity contribution in [3.63, 3.8) is 0 Å². The summed E-state index contributed by atoms with van der Waals surface area (Å²) < 4.78 is 34.3. The molecule has 34 heavy (non-hydrogen) atoms. The summed E-state index contributed by atoms with van der Waals surface area (Å²) in [6.45, 7) is 4.24. The second-order valence-electron chi connectivity index (χ2n) is 8.89. The molecule has 178 valence electrons. The molecule has 0 unspecified atom stereocenters. The van der Waals surface area contributed by atoms with Crippen LogP contribution in [0.5, 0.6) is 5.75 Å². The Bertz CT molecular complexity index is 1310. The topological polar surface area (TPSA) is 91.8 Å². The van der Waals surface area contributed by atoms with Gasteiger partial charge < -0.3 is 9.64 Å². The number of anilines is 1. The van der Waals surface area contributed by atoms with Crippen molar-refractivity contribution in [3.05, 3.63) is 60.3 Å². The molecule has 0 spiro atoms. The summed E-state index contributed by atoms with van der Waals surface area (Å²) in [6.07, 6.45) is 4.21. The lowest BCUT2D eigenvalue weighted by atomic mass is 10.1. The maximum atomic E-state index is 13.2. The van der Waals surface area contributed by atoms with Gasteiger partial charge >= 0.3 is 0 Å². The largest absolute Gasteiger partial charge is 0.496 e. The van der Waals surface area contributed by atoms with Crippen molar-refractivity contribution in [2.75, 3.05) is 44.6 Å². The first-order chi connectivity index (χ1) is 16.4. The molecule has 0 atom stereocenters. The first-order valence-corrected chi connectivity index (χ1v) is 13.0. The van der Waals surface area contributed by atoms with Gasteiger partial charge in [0.1, 0.15) is 10.6 Å². The number of para-hydroxylation sites is 1. The molecule has 1 aliphatic heterocycles. The van der Waals surface area contributed by atoms with E-state index in [0.717, 1.165) is 30.9 Å². The molecule has 3 aromatic rings. The van der Waals surface area contributed by atoms with Gasteiger partial charge in [0.25, 0.3) is 15.9 Å². The predicted molar refractivity (Wildman–Crippen MR) is 131 cm³/mol. The van der Waals surface area contributed by atoms with Gasteiger partial charge in [-0.05, 0) is 43.0 Å². The molecule has 2 aliphatic rings. The molecular weight excluding hydrogens is 452 g/mol. The fourth-order valence-corrected chi connectivity index (χ4v) is 5.63. The van der Waals surface area contributed by atoms with Crippen LogP contribution >= 0.6 is 0 Å². The van der Waals surface area contributed by atoms with Crippen LogP contribution in [0.25, 0.3) is 10.9 Å². The summed E-state index contributed by atoms with van der Waals surface area (Å²) in [6, 6.07) is 13.4. The maximum absolute atomic E-state index is 13.2. The van der Waals surface area contributed by atoms with Crippen molar-refractivity contribution in [1.29, 1.82) is 0 Å². The van der Waals surface area contributed by atoms with Gasteiger partial charge in [-0.2, -0.15) is 0 Å². The molecule has 1 saturated carbocycles. The van der Waals surface area contributed by atoms with E-state index in [1.54, 1.807) is 36.5 Å². The summed E-state index contributed by atoms with van der Waals surface area (Å²) >= 11 is 0. The molecule has 1 amide bonds. The standard InChI is InChI=1S/C25H28N4O4S/c1-33-22-16-20(27-34(31,32)23-6-2-4-19-5-3-11-26-24(19)23)9-10-21(22)25(30)29-14-12-28(13-15-29)17-18-7-8-18/h2-6,9-11,16,18,27H,7-8,12-15,17H2,1H3. The highest BCUT2D eigenvalue weighted by molar-refractivity contribution is 7.93. The molecule has 8 nitrogen and oxygen atoms in total. The van der Waals surface area contributed by atoms with Gasteiger partial charge in [0.05, 0.1) is 23.9 Å². The third-order valence-electron chi connectivity index (χ3n) is 6.44. The quantitative estimate of drug-likeness (QED) is 0.558. The smallest absolute Gasteiger partial charge is 0.264 e. The third kappa shape index (κ3) is 4.71. The zero-order chi connectivity index (χ0) is 23.7. The van der Waals surface area contributed by atoms with Crippen molar-refractivity contribution in [2.24, 2.45) is 5.92 Å². The number of nitrogens with zero attached hydrogens (tertiary/aromatic N) is 3. The molecule has 0 bridgehead atoms. The summed E-state index contributed by atoms with van der Waals surface area (Å²) in [5, 5.41) is 0.737. The number of methoxy groups -OCH3 is 1. The number of fused-ring (bicyclic) bond motifs is 1. The average Bonchev–Trinajstić information content (AvgIpc) is 3.67. The molecule has 1 aliphatic carbocycles. The zero-order valence-electron chi connectivity index (χ0n) is 19.1. The Kier molecular flexibility index (Phi) is 6.14. The number of benzene rings is 2. The Morgan fingerprint density at radius 2 is 1.85 bits per heavy atom. The molecule has 1 saturated heterocycles. The molecule has 1 aromatic heterocycles. The number of nitrogens with one attached hydrogen (secondary N) is 1. The lowest BCUT2D eigenvalue weighted by Gasteiger charge is -2.35. The van der Waals surface area contributed by atoms with Gasteiger partial charge in [-0.25, -0.2) is 8.42 Å². The number of sulfonamides is 1. The summed E-state index contributed by atoms with van der Waals surface area (Å²) in [5.74, 6) is 1.07. The van der Waals surface area contributed by atoms with Gasteiger partial charge in [-0.15, -0.1) is 0 Å². The van der Waals surface area contributed by atoms with E-state index in [2.05, 4.69) is 14.6 Å². The van der Waals surface area contributed by atoms with Crippen LogP contribution in [0.3, 0.4) is 0 Å². The normalized spacial score (nSPS) is 17.0. The zero-order valence-corrected chi connectivity index (χ0v) is 19.9. The van der Waals surface area contributed by atoms with Gasteiger partial charge in [0.2, 0.25) is 0 Å². The fraction of sp³-hybridized carbons (Fsp3) is 0.360. The number of piperazine rings is 1. The van der Waals surface area contributed by atoms with E-state index in [1.807, 2.05) is 17.0 Å². The van der Waals surface area contributed by atoms with Crippen molar-refractivity contribution < 1.29 is 17.9 Å². The SMILES string of the molecule is COc1cc(NS(=O)(=O)c2cccc3cccnc23)ccc1C(=O)N1CCN(CC2CC2)CC1. The number of carbonyl (C=O) groups is 1. The molecular formula is C25H28N4O4S. The van der Waals surface area contributed by atoms with Crippen LogP contribution in [0, 0.1) is 5.92 Å². The number of aromatic nitrogens is 1. The molecule has 5 rings (SSSR count). The minimum atomic E-state index is -3.90. The number of pyridine rings is 1. The van der Waals surface area contributed by atoms with Crippen LogP contribution in [0.4, 0.5) is 5.69 Å². The number of ether oxygens (including phenoxy) is 1. The Balaban J connectivity index is 1.33. The van der Waals surface area contributed by atoms with E-state index < -0.39 is 10.0 Å². The minimum absolute atomic E-state index is 0.0915. The van der Waals surface area contributed by atoms with Crippen molar-refractivity contribution in [3.8, 4) is 5.75 Å². The van der Waals surface area contributed by atoms with E-state index in [0.29, 0.717) is 35.6 Å². The average molecular weight is 481 g/mol. The lowest BCUT2D eigenvalue weighted by molar-refractivity contribution is 0.0629. The highest BCUT2D eigenvalue weighted by atomic mass is 32.2. The maximum Gasteiger partial charge on any atom is 0.264 e. The van der Waals surface area contributed by atoms with E-state index in [1.165, 1.54) is 26.0 Å². The summed E-state index contributed by atoms with van der Waals surface area (Å²) in [4.78, 5) is 21.8. The van der Waals surface area contributed by atoms with Crippen LogP contribution in [0.1, 0.15) is 23.2 Å². The molecule has 1 N–H and O–H groups in total. The molecule has 2 aromatic carbocycles. The van der Waals surface area contributed by atoms with Crippen LogP contribution < -0.4 is 9.46 Å². The van der Waals surface area contributed by atoms with Crippen LogP contribution in [0.2, 0.25) is 0 Å². The summed E-state index contributed by atoms with van der Waals surface area (Å²) in [5.41, 5.74) is 1.14. The fourth-order valence-electron chi connectivity index (χ4n) is 4.40. The Morgan fingerprint density at radius 3 is 2.59 bits per heavy atom. The monoisotopic (exact) mass is 480 g/mol. The number of carbonyl (C=O) groups excluding carboxylic acids is 1. The lowest BCUT2D eigenvalue weighted by Crippen LogP contribution is -2.49. The van der Waals surface area contributed by atoms with Gasteiger partial charge in [0.15, 0.2) is 0 Å². The van der Waals surface area contributed by atoms with Crippen molar-refractivity contribution >= 4 is 32.5 Å².